The first-order valence-corrected chi connectivity index (χ1v) is 3.87. The Hall–Kier alpha value is -0.850. The van der Waals surface area contributed by atoms with Crippen LogP contribution in [0, 0.1) is 0 Å². The fraction of sp³-hybridized carbons (Fsp3) is 0.500. The van der Waals surface area contributed by atoms with Gasteiger partial charge in [-0.05, 0) is 0 Å². The summed E-state index contributed by atoms with van der Waals surface area (Å²) in [4.78, 5) is 0. The Bertz CT molecular complexity index is 169. The van der Waals surface area contributed by atoms with E-state index in [1.165, 1.54) is 12.8 Å². The highest BCUT2D eigenvalue weighted by Crippen LogP contribution is 1.85. The normalized spacial score (nSPS) is 8.82. The van der Waals surface area contributed by atoms with E-state index in [4.69, 9.17) is 0 Å². The molecule has 0 spiro atoms. The first-order valence-electron chi connectivity index (χ1n) is 3.87. The first kappa shape index (κ1) is 10.2. The lowest BCUT2D eigenvalue weighted by atomic mass is 10.3. The van der Waals surface area contributed by atoms with E-state index in [1.807, 2.05) is 6.07 Å². The summed E-state index contributed by atoms with van der Waals surface area (Å²) in [6, 6.07) is 6.17. The molecule has 0 radical (unpaired) electrons. The van der Waals surface area contributed by atoms with Gasteiger partial charge in [0.2, 0.25) is 0 Å². The molecule has 11 heavy (non-hydrogen) atoms. The number of aromatic nitrogens is 1. The van der Waals surface area contributed by atoms with Crippen molar-refractivity contribution in [3.8, 4) is 0 Å². The molecule has 0 N–H and O–H groups in total. The summed E-state index contributed by atoms with van der Waals surface area (Å²) in [6.45, 7) is 3.36. The second kappa shape index (κ2) is 5.90. The van der Waals surface area contributed by atoms with Crippen LogP contribution in [0.2, 0.25) is 0 Å². The Morgan fingerprint density at radius 1 is 1.09 bits per heavy atom. The molecule has 62 valence electrons. The Morgan fingerprint density at radius 3 is 2.27 bits per heavy atom. The fourth-order valence-electron chi connectivity index (χ4n) is 0.924. The van der Waals surface area contributed by atoms with Crippen molar-refractivity contribution in [1.29, 1.82) is 0 Å². The van der Waals surface area contributed by atoms with Crippen molar-refractivity contribution in [2.45, 2.75) is 33.7 Å². The van der Waals surface area contributed by atoms with Crippen molar-refractivity contribution in [3.63, 3.8) is 0 Å². The number of pyridine rings is 1. The minimum atomic E-state index is 0. The van der Waals surface area contributed by atoms with E-state index in [-0.39, 0.29) is 7.43 Å². The maximum Gasteiger partial charge on any atom is 0.168 e. The molecule has 0 unspecified atom stereocenters. The van der Waals surface area contributed by atoms with Crippen LogP contribution in [0.15, 0.2) is 30.6 Å². The number of unbranched alkanes of at least 4 members (excludes halogenated alkanes) is 1. The zero-order valence-corrected chi connectivity index (χ0v) is 6.46. The Kier molecular flexibility index (Phi) is 5.44. The monoisotopic (exact) mass is 152 g/mol. The Labute approximate surface area is 69.7 Å². The van der Waals surface area contributed by atoms with Crippen LogP contribution in [0.5, 0.6) is 0 Å². The summed E-state index contributed by atoms with van der Waals surface area (Å²) in [7, 11) is 0. The van der Waals surface area contributed by atoms with Crippen molar-refractivity contribution in [1.82, 2.24) is 0 Å². The van der Waals surface area contributed by atoms with Crippen LogP contribution in [0.1, 0.15) is 27.2 Å². The number of rotatable bonds is 3. The maximum absolute atomic E-state index is 2.21. The second-order valence-corrected chi connectivity index (χ2v) is 2.47. The summed E-state index contributed by atoms with van der Waals surface area (Å²) >= 11 is 0. The van der Waals surface area contributed by atoms with Crippen molar-refractivity contribution in [2.75, 3.05) is 0 Å². The van der Waals surface area contributed by atoms with Gasteiger partial charge in [-0.2, -0.15) is 0 Å². The summed E-state index contributed by atoms with van der Waals surface area (Å²) in [5.74, 6) is 0. The van der Waals surface area contributed by atoms with Crippen LogP contribution in [0.3, 0.4) is 0 Å². The molecule has 0 aliphatic carbocycles. The van der Waals surface area contributed by atoms with Gasteiger partial charge >= 0.3 is 0 Å². The van der Waals surface area contributed by atoms with Crippen molar-refractivity contribution in [3.05, 3.63) is 30.6 Å². The third-order valence-corrected chi connectivity index (χ3v) is 1.55. The zero-order valence-electron chi connectivity index (χ0n) is 6.46. The average molecular weight is 152 g/mol. The number of aryl methyl sites for hydroxylation is 1. The molecule has 0 saturated heterocycles. The van der Waals surface area contributed by atoms with Gasteiger partial charge in [-0.15, -0.1) is 0 Å². The highest BCUT2D eigenvalue weighted by Gasteiger charge is 1.93. The molecule has 0 amide bonds. The topological polar surface area (TPSA) is 3.88 Å². The highest BCUT2D eigenvalue weighted by molar-refractivity contribution is 4.83. The third-order valence-electron chi connectivity index (χ3n) is 1.55. The van der Waals surface area contributed by atoms with Crippen LogP contribution in [0.25, 0.3) is 0 Å². The predicted octanol–water partition coefficient (Wildman–Crippen LogP) is 2.41. The Morgan fingerprint density at radius 2 is 1.73 bits per heavy atom. The van der Waals surface area contributed by atoms with E-state index in [1.54, 1.807) is 0 Å². The van der Waals surface area contributed by atoms with Crippen LogP contribution in [-0.2, 0) is 6.54 Å². The standard InChI is InChI=1S/C9H14N.CH4/c1-2-3-7-10-8-5-4-6-9-10;/h4-6,8-9H,2-3,7H2,1H3;1H4/q+1;. The quantitative estimate of drug-likeness (QED) is 0.586. The lowest BCUT2D eigenvalue weighted by molar-refractivity contribution is -0.697. The van der Waals surface area contributed by atoms with Gasteiger partial charge in [0.25, 0.3) is 0 Å². The van der Waals surface area contributed by atoms with Gasteiger partial charge in [-0.25, -0.2) is 4.57 Å². The average Bonchev–Trinajstić information content (AvgIpc) is 2.03. The van der Waals surface area contributed by atoms with Crippen molar-refractivity contribution >= 4 is 0 Å². The highest BCUT2D eigenvalue weighted by atomic mass is 14.9. The second-order valence-electron chi connectivity index (χ2n) is 2.47. The molecule has 1 aromatic heterocycles. The van der Waals surface area contributed by atoms with Gasteiger partial charge in [0, 0.05) is 18.6 Å². The lowest BCUT2D eigenvalue weighted by Gasteiger charge is -1.91. The minimum Gasteiger partial charge on any atom is -0.205 e. The van der Waals surface area contributed by atoms with Crippen molar-refractivity contribution < 1.29 is 4.57 Å². The number of nitrogens with zero attached hydrogens (tertiary/aromatic N) is 1. The summed E-state index contributed by atoms with van der Waals surface area (Å²) in [6.07, 6.45) is 6.75. The molecule has 0 aliphatic heterocycles. The molecule has 0 saturated carbocycles. The molecule has 0 bridgehead atoms. The molecular formula is C10H18N+. The molecule has 1 heterocycles. The van der Waals surface area contributed by atoms with E-state index in [2.05, 4.69) is 36.0 Å². The van der Waals surface area contributed by atoms with Gasteiger partial charge in [0.05, 0.1) is 0 Å². The van der Waals surface area contributed by atoms with Gasteiger partial charge in [0.1, 0.15) is 6.54 Å². The smallest absolute Gasteiger partial charge is 0.168 e. The van der Waals surface area contributed by atoms with Gasteiger partial charge in [-0.3, -0.25) is 0 Å². The van der Waals surface area contributed by atoms with E-state index in [9.17, 15) is 0 Å². The zero-order chi connectivity index (χ0) is 7.23. The van der Waals surface area contributed by atoms with E-state index in [0.717, 1.165) is 6.54 Å². The van der Waals surface area contributed by atoms with Crippen LogP contribution < -0.4 is 4.57 Å². The largest absolute Gasteiger partial charge is 0.205 e. The number of hydrogen-bond donors (Lipinski definition) is 0. The molecule has 0 atom stereocenters. The van der Waals surface area contributed by atoms with Gasteiger partial charge in [-0.1, -0.05) is 26.8 Å². The Balaban J connectivity index is 0.000001000. The molecule has 1 aromatic rings. The minimum absolute atomic E-state index is 0. The van der Waals surface area contributed by atoms with E-state index < -0.39 is 0 Å². The molecule has 1 rings (SSSR count). The molecule has 0 fully saturated rings. The lowest BCUT2D eigenvalue weighted by Crippen LogP contribution is -2.31. The van der Waals surface area contributed by atoms with E-state index in [0.29, 0.717) is 0 Å². The van der Waals surface area contributed by atoms with Crippen LogP contribution >= 0.6 is 0 Å². The third kappa shape index (κ3) is 3.76. The molecule has 0 aromatic carbocycles. The maximum atomic E-state index is 2.21. The van der Waals surface area contributed by atoms with Crippen LogP contribution in [-0.4, -0.2) is 0 Å². The molecule has 1 nitrogen and oxygen atoms in total. The summed E-state index contributed by atoms with van der Waals surface area (Å²) < 4.78 is 2.21. The molecular weight excluding hydrogens is 134 g/mol. The van der Waals surface area contributed by atoms with Crippen LogP contribution in [0.4, 0.5) is 0 Å². The fourth-order valence-corrected chi connectivity index (χ4v) is 0.924. The number of hydrogen-bond acceptors (Lipinski definition) is 0. The van der Waals surface area contributed by atoms with Gasteiger partial charge < -0.3 is 0 Å². The van der Waals surface area contributed by atoms with Crippen molar-refractivity contribution in [2.24, 2.45) is 0 Å². The summed E-state index contributed by atoms with van der Waals surface area (Å²) in [5, 5.41) is 0. The molecule has 1 heteroatoms. The predicted molar refractivity (Wildman–Crippen MR) is 48.3 cm³/mol. The molecule has 0 aliphatic rings. The first-order chi connectivity index (χ1) is 4.93. The summed E-state index contributed by atoms with van der Waals surface area (Å²) in [5.41, 5.74) is 0. The van der Waals surface area contributed by atoms with E-state index >= 15 is 0 Å². The SMILES string of the molecule is C.CCCC[n+]1ccccc1. The van der Waals surface area contributed by atoms with Gasteiger partial charge in [0.15, 0.2) is 12.4 Å².